The molecule has 4 nitrogen and oxygen atoms in total. The number of hydrogen-bond acceptors (Lipinski definition) is 4. The molecule has 0 radical (unpaired) electrons. The molecule has 1 aliphatic heterocycles. The summed E-state index contributed by atoms with van der Waals surface area (Å²) in [7, 11) is 0. The van der Waals surface area contributed by atoms with Gasteiger partial charge < -0.3 is 4.74 Å². The first-order valence-electron chi connectivity index (χ1n) is 9.55. The van der Waals surface area contributed by atoms with Crippen LogP contribution in [0.25, 0.3) is 6.08 Å². The second kappa shape index (κ2) is 10.1. The molecule has 1 saturated heterocycles. The van der Waals surface area contributed by atoms with Crippen molar-refractivity contribution in [2.24, 2.45) is 0 Å². The Morgan fingerprint density at radius 1 is 0.938 bits per heavy atom. The second-order valence-electron chi connectivity index (χ2n) is 7.00. The van der Waals surface area contributed by atoms with E-state index < -0.39 is 0 Å². The SMILES string of the molecule is O=C1S/C(=C\c2cccc(OCc3ccc(Br)cc3)c2)C(=O)N1Cc1ccc(Cl)c(Cl)c1. The zero-order valence-electron chi connectivity index (χ0n) is 16.6. The fraction of sp³-hybridized carbons (Fsp3) is 0.0833. The first-order chi connectivity index (χ1) is 15.4. The molecule has 0 unspecified atom stereocenters. The Balaban J connectivity index is 1.45. The molecule has 0 atom stereocenters. The molecular weight excluding hydrogens is 533 g/mol. The van der Waals surface area contributed by atoms with Gasteiger partial charge in [0, 0.05) is 4.47 Å². The molecule has 0 aliphatic carbocycles. The van der Waals surface area contributed by atoms with Gasteiger partial charge in [-0.15, -0.1) is 0 Å². The van der Waals surface area contributed by atoms with E-state index in [0.717, 1.165) is 32.9 Å². The lowest BCUT2D eigenvalue weighted by atomic mass is 10.2. The van der Waals surface area contributed by atoms with E-state index in [4.69, 9.17) is 27.9 Å². The lowest BCUT2D eigenvalue weighted by molar-refractivity contribution is -0.123. The second-order valence-corrected chi connectivity index (χ2v) is 9.73. The van der Waals surface area contributed by atoms with E-state index in [1.165, 1.54) is 4.90 Å². The minimum atomic E-state index is -0.341. The molecule has 0 N–H and O–H groups in total. The van der Waals surface area contributed by atoms with Crippen molar-refractivity contribution >= 4 is 68.1 Å². The summed E-state index contributed by atoms with van der Waals surface area (Å²) >= 11 is 16.3. The standard InChI is InChI=1S/C24H16BrCl2NO3S/c25-18-7-4-15(5-8-18)14-31-19-3-1-2-16(10-19)12-22-23(29)28(24(30)32-22)13-17-6-9-20(26)21(27)11-17/h1-12H,13-14H2/b22-12-. The summed E-state index contributed by atoms with van der Waals surface area (Å²) in [5, 5.41) is 0.480. The van der Waals surface area contributed by atoms with Crippen LogP contribution in [0.4, 0.5) is 4.79 Å². The minimum Gasteiger partial charge on any atom is -0.489 e. The van der Waals surface area contributed by atoms with Crippen LogP contribution in [-0.4, -0.2) is 16.0 Å². The average Bonchev–Trinajstić information content (AvgIpc) is 3.03. The van der Waals surface area contributed by atoms with Crippen LogP contribution in [0, 0.1) is 0 Å². The number of imide groups is 1. The minimum absolute atomic E-state index is 0.134. The van der Waals surface area contributed by atoms with Gasteiger partial charge in [0.2, 0.25) is 0 Å². The number of carbonyl (C=O) groups excluding carboxylic acids is 2. The van der Waals surface area contributed by atoms with Gasteiger partial charge in [-0.05, 0) is 70.9 Å². The number of ether oxygens (including phenoxy) is 1. The van der Waals surface area contributed by atoms with E-state index in [-0.39, 0.29) is 17.7 Å². The van der Waals surface area contributed by atoms with Gasteiger partial charge in [-0.1, -0.05) is 69.5 Å². The molecule has 0 saturated carbocycles. The Labute approximate surface area is 208 Å². The van der Waals surface area contributed by atoms with Crippen molar-refractivity contribution in [2.45, 2.75) is 13.2 Å². The van der Waals surface area contributed by atoms with Gasteiger partial charge in [-0.2, -0.15) is 0 Å². The summed E-state index contributed by atoms with van der Waals surface area (Å²) in [5.74, 6) is 0.337. The van der Waals surface area contributed by atoms with Crippen LogP contribution in [-0.2, 0) is 17.9 Å². The topological polar surface area (TPSA) is 46.6 Å². The molecule has 162 valence electrons. The highest BCUT2D eigenvalue weighted by Gasteiger charge is 2.35. The number of hydrogen-bond donors (Lipinski definition) is 0. The molecule has 3 aromatic carbocycles. The Kier molecular flexibility index (Phi) is 7.26. The fourth-order valence-corrected chi connectivity index (χ4v) is 4.47. The molecule has 3 aromatic rings. The predicted octanol–water partition coefficient (Wildman–Crippen LogP) is 7.57. The van der Waals surface area contributed by atoms with Gasteiger partial charge in [0.1, 0.15) is 12.4 Å². The van der Waals surface area contributed by atoms with Crippen molar-refractivity contribution in [2.75, 3.05) is 0 Å². The largest absolute Gasteiger partial charge is 0.489 e. The molecule has 2 amide bonds. The lowest BCUT2D eigenvalue weighted by Crippen LogP contribution is -2.27. The van der Waals surface area contributed by atoms with E-state index in [1.807, 2.05) is 48.5 Å². The summed E-state index contributed by atoms with van der Waals surface area (Å²) in [6.07, 6.45) is 1.70. The van der Waals surface area contributed by atoms with Crippen LogP contribution in [0.3, 0.4) is 0 Å². The molecule has 32 heavy (non-hydrogen) atoms. The Hall–Kier alpha value is -2.25. The van der Waals surface area contributed by atoms with E-state index in [0.29, 0.717) is 27.3 Å². The van der Waals surface area contributed by atoms with Gasteiger partial charge in [-0.25, -0.2) is 0 Å². The summed E-state index contributed by atoms with van der Waals surface area (Å²) in [6, 6.07) is 20.3. The smallest absolute Gasteiger partial charge is 0.293 e. The van der Waals surface area contributed by atoms with Crippen molar-refractivity contribution < 1.29 is 14.3 Å². The third-order valence-corrected chi connectivity index (χ3v) is 6.85. The molecule has 1 heterocycles. The maximum atomic E-state index is 12.8. The highest BCUT2D eigenvalue weighted by atomic mass is 79.9. The normalized spacial score (nSPS) is 15.0. The summed E-state index contributed by atoms with van der Waals surface area (Å²) in [4.78, 5) is 26.8. The van der Waals surface area contributed by atoms with Crippen LogP contribution >= 0.6 is 50.9 Å². The number of carbonyl (C=O) groups is 2. The van der Waals surface area contributed by atoms with Crippen LogP contribution < -0.4 is 4.74 Å². The summed E-state index contributed by atoms with van der Waals surface area (Å²) in [5.41, 5.74) is 2.55. The monoisotopic (exact) mass is 547 g/mol. The third-order valence-electron chi connectivity index (χ3n) is 4.67. The molecular formula is C24H16BrCl2NO3S. The fourth-order valence-electron chi connectivity index (χ4n) is 3.05. The van der Waals surface area contributed by atoms with Crippen molar-refractivity contribution in [3.05, 3.63) is 103 Å². The Morgan fingerprint density at radius 2 is 1.69 bits per heavy atom. The van der Waals surface area contributed by atoms with E-state index in [1.54, 1.807) is 24.3 Å². The quantitative estimate of drug-likeness (QED) is 0.298. The molecule has 1 aliphatic rings. The van der Waals surface area contributed by atoms with Crippen LogP contribution in [0.15, 0.2) is 76.1 Å². The highest BCUT2D eigenvalue weighted by Crippen LogP contribution is 2.34. The molecule has 0 bridgehead atoms. The highest BCUT2D eigenvalue weighted by molar-refractivity contribution is 9.10. The number of amides is 2. The van der Waals surface area contributed by atoms with E-state index in [9.17, 15) is 9.59 Å². The zero-order valence-corrected chi connectivity index (χ0v) is 20.5. The maximum absolute atomic E-state index is 12.8. The van der Waals surface area contributed by atoms with Crippen LogP contribution in [0.2, 0.25) is 10.0 Å². The van der Waals surface area contributed by atoms with E-state index >= 15 is 0 Å². The third kappa shape index (κ3) is 5.56. The Bertz CT molecular complexity index is 1210. The lowest BCUT2D eigenvalue weighted by Gasteiger charge is -2.13. The van der Waals surface area contributed by atoms with Crippen LogP contribution in [0.1, 0.15) is 16.7 Å². The van der Waals surface area contributed by atoms with Gasteiger partial charge >= 0.3 is 0 Å². The van der Waals surface area contributed by atoms with Gasteiger partial charge in [0.05, 0.1) is 21.5 Å². The number of thioether (sulfide) groups is 1. The molecule has 0 spiro atoms. The maximum Gasteiger partial charge on any atom is 0.293 e. The van der Waals surface area contributed by atoms with Crippen molar-refractivity contribution in [1.29, 1.82) is 0 Å². The van der Waals surface area contributed by atoms with Gasteiger partial charge in [0.25, 0.3) is 11.1 Å². The molecule has 1 fully saturated rings. The summed E-state index contributed by atoms with van der Waals surface area (Å²) in [6.45, 7) is 0.562. The van der Waals surface area contributed by atoms with Crippen molar-refractivity contribution in [3.8, 4) is 5.75 Å². The van der Waals surface area contributed by atoms with Crippen LogP contribution in [0.5, 0.6) is 5.75 Å². The zero-order chi connectivity index (χ0) is 22.7. The predicted molar refractivity (Wildman–Crippen MR) is 133 cm³/mol. The first kappa shape index (κ1) is 22.9. The molecule has 0 aromatic heterocycles. The van der Waals surface area contributed by atoms with Crippen molar-refractivity contribution in [1.82, 2.24) is 4.90 Å². The van der Waals surface area contributed by atoms with E-state index in [2.05, 4.69) is 15.9 Å². The average molecular weight is 549 g/mol. The number of benzene rings is 3. The first-order valence-corrected chi connectivity index (χ1v) is 11.9. The number of nitrogens with zero attached hydrogens (tertiary/aromatic N) is 1. The molecule has 4 rings (SSSR count). The van der Waals surface area contributed by atoms with Crippen molar-refractivity contribution in [3.63, 3.8) is 0 Å². The van der Waals surface area contributed by atoms with Gasteiger partial charge in [-0.3, -0.25) is 14.5 Å². The number of halogens is 3. The van der Waals surface area contributed by atoms with Gasteiger partial charge in [0.15, 0.2) is 0 Å². The Morgan fingerprint density at radius 3 is 2.44 bits per heavy atom. The molecule has 8 heteroatoms. The number of rotatable bonds is 6. The summed E-state index contributed by atoms with van der Waals surface area (Å²) < 4.78 is 6.88.